The molecule has 0 spiro atoms. The Kier molecular flexibility index (Phi) is 5.76. The van der Waals surface area contributed by atoms with E-state index in [-0.39, 0.29) is 30.6 Å². The molecule has 2 rings (SSSR count). The van der Waals surface area contributed by atoms with Gasteiger partial charge in [0, 0.05) is 43.6 Å². The van der Waals surface area contributed by atoms with Gasteiger partial charge in [-0.15, -0.1) is 0 Å². The number of amides is 1. The minimum atomic E-state index is -0.0215. The van der Waals surface area contributed by atoms with Crippen molar-refractivity contribution in [3.8, 4) is 0 Å². The highest BCUT2D eigenvalue weighted by molar-refractivity contribution is 6.30. The summed E-state index contributed by atoms with van der Waals surface area (Å²) in [4.78, 5) is 25.9. The fourth-order valence-corrected chi connectivity index (χ4v) is 2.63. The van der Waals surface area contributed by atoms with Crippen molar-refractivity contribution in [1.29, 1.82) is 0 Å². The SMILES string of the molecule is COC1CCN(C(=O)CCC(=O)c2ccc(Cl)cc2)CC1. The van der Waals surface area contributed by atoms with Crippen LogP contribution in [-0.4, -0.2) is 42.9 Å². The summed E-state index contributed by atoms with van der Waals surface area (Å²) in [7, 11) is 1.70. The number of hydrogen-bond acceptors (Lipinski definition) is 3. The van der Waals surface area contributed by atoms with Gasteiger partial charge in [0.05, 0.1) is 6.10 Å². The van der Waals surface area contributed by atoms with Gasteiger partial charge in [-0.05, 0) is 37.1 Å². The maximum atomic E-state index is 12.1. The molecule has 0 saturated carbocycles. The molecule has 0 unspecified atom stereocenters. The summed E-state index contributed by atoms with van der Waals surface area (Å²) in [6, 6.07) is 6.76. The first-order valence-corrected chi connectivity index (χ1v) is 7.57. The molecule has 114 valence electrons. The third-order valence-corrected chi connectivity index (χ3v) is 4.11. The number of ketones is 1. The third kappa shape index (κ3) is 4.55. The monoisotopic (exact) mass is 309 g/mol. The van der Waals surface area contributed by atoms with Crippen LogP contribution >= 0.6 is 11.6 Å². The van der Waals surface area contributed by atoms with E-state index in [4.69, 9.17) is 16.3 Å². The number of nitrogens with zero attached hydrogens (tertiary/aromatic N) is 1. The number of carbonyl (C=O) groups excluding carboxylic acids is 2. The van der Waals surface area contributed by atoms with E-state index in [2.05, 4.69) is 0 Å². The van der Waals surface area contributed by atoms with Gasteiger partial charge in [0.25, 0.3) is 0 Å². The molecule has 0 N–H and O–H groups in total. The standard InChI is InChI=1S/C16H20ClNO3/c1-21-14-8-10-18(11-9-14)16(20)7-6-15(19)12-2-4-13(17)5-3-12/h2-5,14H,6-11H2,1H3. The maximum Gasteiger partial charge on any atom is 0.223 e. The lowest BCUT2D eigenvalue weighted by Crippen LogP contribution is -2.40. The first-order valence-electron chi connectivity index (χ1n) is 7.19. The quantitative estimate of drug-likeness (QED) is 0.786. The van der Waals surface area contributed by atoms with Crippen LogP contribution in [0.15, 0.2) is 24.3 Å². The number of carbonyl (C=O) groups is 2. The smallest absolute Gasteiger partial charge is 0.223 e. The Morgan fingerprint density at radius 1 is 1.19 bits per heavy atom. The molecular formula is C16H20ClNO3. The second kappa shape index (κ2) is 7.57. The van der Waals surface area contributed by atoms with Crippen LogP contribution in [-0.2, 0) is 9.53 Å². The van der Waals surface area contributed by atoms with Crippen molar-refractivity contribution >= 4 is 23.3 Å². The fourth-order valence-electron chi connectivity index (χ4n) is 2.50. The Balaban J connectivity index is 1.78. The van der Waals surface area contributed by atoms with E-state index in [1.807, 2.05) is 4.90 Å². The Bertz CT molecular complexity index is 493. The lowest BCUT2D eigenvalue weighted by Gasteiger charge is -2.31. The highest BCUT2D eigenvalue weighted by Crippen LogP contribution is 2.16. The van der Waals surface area contributed by atoms with E-state index in [9.17, 15) is 9.59 Å². The van der Waals surface area contributed by atoms with Gasteiger partial charge >= 0.3 is 0 Å². The zero-order chi connectivity index (χ0) is 15.2. The molecule has 5 heteroatoms. The van der Waals surface area contributed by atoms with Crippen molar-refractivity contribution in [2.75, 3.05) is 20.2 Å². The first kappa shape index (κ1) is 16.0. The van der Waals surface area contributed by atoms with Crippen molar-refractivity contribution in [2.24, 2.45) is 0 Å². The van der Waals surface area contributed by atoms with Crippen LogP contribution in [0.5, 0.6) is 0 Å². The maximum absolute atomic E-state index is 12.1. The van der Waals surface area contributed by atoms with Crippen LogP contribution in [0, 0.1) is 0 Å². The van der Waals surface area contributed by atoms with Crippen LogP contribution < -0.4 is 0 Å². The largest absolute Gasteiger partial charge is 0.381 e. The highest BCUT2D eigenvalue weighted by Gasteiger charge is 2.22. The number of hydrogen-bond donors (Lipinski definition) is 0. The summed E-state index contributed by atoms with van der Waals surface area (Å²) in [5.74, 6) is 0.0265. The molecule has 0 radical (unpaired) electrons. The predicted octanol–water partition coefficient (Wildman–Crippen LogP) is 2.94. The van der Waals surface area contributed by atoms with Crippen LogP contribution in [0.4, 0.5) is 0 Å². The molecule has 0 aromatic heterocycles. The molecule has 1 aliphatic heterocycles. The summed E-state index contributed by atoms with van der Waals surface area (Å²) in [5.41, 5.74) is 0.602. The Hall–Kier alpha value is -1.39. The van der Waals surface area contributed by atoms with Gasteiger partial charge in [-0.2, -0.15) is 0 Å². The molecular weight excluding hydrogens is 290 g/mol. The van der Waals surface area contributed by atoms with E-state index in [0.29, 0.717) is 23.7 Å². The molecule has 1 aromatic carbocycles. The number of piperidine rings is 1. The summed E-state index contributed by atoms with van der Waals surface area (Å²) in [6.07, 6.45) is 2.49. The second-order valence-electron chi connectivity index (χ2n) is 5.25. The molecule has 0 aliphatic carbocycles. The average molecular weight is 310 g/mol. The average Bonchev–Trinajstić information content (AvgIpc) is 2.53. The van der Waals surface area contributed by atoms with E-state index >= 15 is 0 Å². The van der Waals surface area contributed by atoms with Crippen LogP contribution in [0.2, 0.25) is 5.02 Å². The normalized spacial score (nSPS) is 16.0. The van der Waals surface area contributed by atoms with Crippen molar-refractivity contribution in [1.82, 2.24) is 4.90 Å². The van der Waals surface area contributed by atoms with E-state index in [1.54, 1.807) is 31.4 Å². The predicted molar refractivity (Wildman–Crippen MR) is 81.6 cm³/mol. The minimum Gasteiger partial charge on any atom is -0.381 e. The van der Waals surface area contributed by atoms with Gasteiger partial charge < -0.3 is 9.64 Å². The summed E-state index contributed by atoms with van der Waals surface area (Å²) < 4.78 is 5.28. The number of halogens is 1. The summed E-state index contributed by atoms with van der Waals surface area (Å²) in [6.45, 7) is 1.43. The zero-order valence-corrected chi connectivity index (χ0v) is 12.9. The van der Waals surface area contributed by atoms with Gasteiger partial charge in [0.15, 0.2) is 5.78 Å². The minimum absolute atomic E-state index is 0.0215. The number of likely N-dealkylation sites (tertiary alicyclic amines) is 1. The highest BCUT2D eigenvalue weighted by atomic mass is 35.5. The first-order chi connectivity index (χ1) is 10.1. The van der Waals surface area contributed by atoms with Crippen LogP contribution in [0.3, 0.4) is 0 Å². The topological polar surface area (TPSA) is 46.6 Å². The number of rotatable bonds is 5. The van der Waals surface area contributed by atoms with E-state index in [0.717, 1.165) is 12.8 Å². The molecule has 1 amide bonds. The second-order valence-corrected chi connectivity index (χ2v) is 5.68. The molecule has 0 atom stereocenters. The molecule has 1 aliphatic rings. The van der Waals surface area contributed by atoms with Gasteiger partial charge in [-0.3, -0.25) is 9.59 Å². The molecule has 1 aromatic rings. The van der Waals surface area contributed by atoms with Crippen molar-refractivity contribution < 1.29 is 14.3 Å². The van der Waals surface area contributed by atoms with Gasteiger partial charge in [0.2, 0.25) is 5.91 Å². The number of Topliss-reactive ketones (excluding diaryl/α,β-unsaturated/α-hetero) is 1. The van der Waals surface area contributed by atoms with Gasteiger partial charge in [0.1, 0.15) is 0 Å². The lowest BCUT2D eigenvalue weighted by molar-refractivity contribution is -0.133. The van der Waals surface area contributed by atoms with Crippen LogP contribution in [0.25, 0.3) is 0 Å². The van der Waals surface area contributed by atoms with Crippen molar-refractivity contribution in [3.05, 3.63) is 34.9 Å². The van der Waals surface area contributed by atoms with E-state index < -0.39 is 0 Å². The Morgan fingerprint density at radius 3 is 2.38 bits per heavy atom. The van der Waals surface area contributed by atoms with Crippen molar-refractivity contribution in [2.45, 2.75) is 31.8 Å². The molecule has 1 saturated heterocycles. The number of benzene rings is 1. The molecule has 1 fully saturated rings. The Labute approximate surface area is 130 Å². The Morgan fingerprint density at radius 2 is 1.81 bits per heavy atom. The fraction of sp³-hybridized carbons (Fsp3) is 0.500. The van der Waals surface area contributed by atoms with E-state index in [1.165, 1.54) is 0 Å². The molecule has 1 heterocycles. The number of methoxy groups -OCH3 is 1. The summed E-state index contributed by atoms with van der Waals surface area (Å²) >= 11 is 5.79. The number of ether oxygens (including phenoxy) is 1. The third-order valence-electron chi connectivity index (χ3n) is 3.86. The lowest BCUT2D eigenvalue weighted by atomic mass is 10.0. The summed E-state index contributed by atoms with van der Waals surface area (Å²) in [5, 5.41) is 0.601. The van der Waals surface area contributed by atoms with Crippen LogP contribution in [0.1, 0.15) is 36.0 Å². The molecule has 0 bridgehead atoms. The zero-order valence-electron chi connectivity index (χ0n) is 12.2. The van der Waals surface area contributed by atoms with Crippen molar-refractivity contribution in [3.63, 3.8) is 0 Å². The van der Waals surface area contributed by atoms with Gasteiger partial charge in [-0.25, -0.2) is 0 Å². The molecule has 21 heavy (non-hydrogen) atoms. The molecule has 4 nitrogen and oxygen atoms in total. The van der Waals surface area contributed by atoms with Gasteiger partial charge in [-0.1, -0.05) is 11.6 Å².